The molecule has 0 aliphatic carbocycles. The van der Waals surface area contributed by atoms with Gasteiger partial charge in [-0.25, -0.2) is 9.78 Å². The number of rotatable bonds is 6. The third-order valence-corrected chi connectivity index (χ3v) is 4.66. The minimum atomic E-state index is -0.972. The van der Waals surface area contributed by atoms with Gasteiger partial charge in [0.15, 0.2) is 5.69 Å². The van der Waals surface area contributed by atoms with Crippen LogP contribution in [0.15, 0.2) is 29.6 Å². The van der Waals surface area contributed by atoms with Crippen LogP contribution in [0.2, 0.25) is 0 Å². The molecule has 0 aliphatic heterocycles. The number of carboxylic acid groups (broad SMARTS) is 1. The molecule has 0 saturated carbocycles. The quantitative estimate of drug-likeness (QED) is 0.813. The Morgan fingerprint density at radius 2 is 2.21 bits per heavy atom. The number of nitrogens with zero attached hydrogens (tertiary/aromatic N) is 1. The van der Waals surface area contributed by atoms with Crippen LogP contribution in [0.3, 0.4) is 0 Å². The Morgan fingerprint density at radius 3 is 2.89 bits per heavy atom. The fourth-order valence-electron chi connectivity index (χ4n) is 1.68. The van der Waals surface area contributed by atoms with Crippen molar-refractivity contribution in [2.45, 2.75) is 19.1 Å². The Balaban J connectivity index is 2.25. The lowest BCUT2D eigenvalue weighted by molar-refractivity contribution is 0.0691. The highest BCUT2D eigenvalue weighted by molar-refractivity contribution is 7.98. The third kappa shape index (κ3) is 3.58. The molecule has 2 aromatic rings. The molecule has 1 heterocycles. The van der Waals surface area contributed by atoms with Crippen LogP contribution in [0.5, 0.6) is 0 Å². The lowest BCUT2D eigenvalue weighted by atomic mass is 10.1. The van der Waals surface area contributed by atoms with Gasteiger partial charge in [0.05, 0.1) is 0 Å². The van der Waals surface area contributed by atoms with E-state index in [1.807, 2.05) is 30.0 Å². The standard InChI is InChI=1S/C14H15NO2S2/c1-2-7-18-8-10-5-3-4-6-11(10)13-15-12(9-19-13)14(16)17/h3-6,9H,2,7-8H2,1H3,(H,16,17). The molecule has 0 amide bonds. The molecule has 0 atom stereocenters. The van der Waals surface area contributed by atoms with Crippen molar-refractivity contribution in [3.63, 3.8) is 0 Å². The minimum Gasteiger partial charge on any atom is -0.476 e. The molecule has 1 N–H and O–H groups in total. The van der Waals surface area contributed by atoms with Crippen molar-refractivity contribution < 1.29 is 9.90 Å². The van der Waals surface area contributed by atoms with Crippen LogP contribution < -0.4 is 0 Å². The second kappa shape index (κ2) is 6.73. The van der Waals surface area contributed by atoms with E-state index < -0.39 is 5.97 Å². The van der Waals surface area contributed by atoms with E-state index >= 15 is 0 Å². The van der Waals surface area contributed by atoms with Crippen molar-refractivity contribution in [3.8, 4) is 10.6 Å². The molecule has 0 spiro atoms. The smallest absolute Gasteiger partial charge is 0.355 e. The van der Waals surface area contributed by atoms with Crippen LogP contribution in [0, 0.1) is 0 Å². The third-order valence-electron chi connectivity index (χ3n) is 2.58. The molecule has 100 valence electrons. The fourth-order valence-corrected chi connectivity index (χ4v) is 3.44. The average molecular weight is 293 g/mol. The average Bonchev–Trinajstić information content (AvgIpc) is 2.89. The van der Waals surface area contributed by atoms with Gasteiger partial charge < -0.3 is 5.11 Å². The maximum Gasteiger partial charge on any atom is 0.355 e. The van der Waals surface area contributed by atoms with Crippen LogP contribution >= 0.6 is 23.1 Å². The molecule has 0 saturated heterocycles. The summed E-state index contributed by atoms with van der Waals surface area (Å²) in [4.78, 5) is 15.1. The van der Waals surface area contributed by atoms with Gasteiger partial charge in [-0.2, -0.15) is 11.8 Å². The topological polar surface area (TPSA) is 50.2 Å². The molecular formula is C14H15NO2S2. The summed E-state index contributed by atoms with van der Waals surface area (Å²) in [6.45, 7) is 2.17. The molecule has 19 heavy (non-hydrogen) atoms. The van der Waals surface area contributed by atoms with Crippen LogP contribution in [0.4, 0.5) is 0 Å². The molecule has 0 fully saturated rings. The van der Waals surface area contributed by atoms with Gasteiger partial charge in [-0.05, 0) is 17.7 Å². The van der Waals surface area contributed by atoms with Crippen molar-refractivity contribution in [1.29, 1.82) is 0 Å². The lowest BCUT2D eigenvalue weighted by Crippen LogP contribution is -1.96. The maximum absolute atomic E-state index is 10.9. The van der Waals surface area contributed by atoms with Crippen LogP contribution in [0.1, 0.15) is 29.4 Å². The molecule has 0 bridgehead atoms. The van der Waals surface area contributed by atoms with E-state index in [2.05, 4.69) is 18.0 Å². The number of aromatic nitrogens is 1. The van der Waals surface area contributed by atoms with E-state index in [4.69, 9.17) is 5.11 Å². The Labute approximate surface area is 120 Å². The number of aromatic carboxylic acids is 1. The second-order valence-corrected chi connectivity index (χ2v) is 6.02. The number of thioether (sulfide) groups is 1. The summed E-state index contributed by atoms with van der Waals surface area (Å²) in [6, 6.07) is 8.06. The Morgan fingerprint density at radius 1 is 1.42 bits per heavy atom. The highest BCUT2D eigenvalue weighted by Gasteiger charge is 2.12. The van der Waals surface area contributed by atoms with Crippen molar-refractivity contribution >= 4 is 29.1 Å². The van der Waals surface area contributed by atoms with E-state index in [1.165, 1.54) is 16.9 Å². The van der Waals surface area contributed by atoms with E-state index in [0.29, 0.717) is 0 Å². The first kappa shape index (κ1) is 14.1. The zero-order valence-corrected chi connectivity index (χ0v) is 12.3. The van der Waals surface area contributed by atoms with Gasteiger partial charge in [-0.3, -0.25) is 0 Å². The predicted octanol–water partition coefficient (Wildman–Crippen LogP) is 4.15. The van der Waals surface area contributed by atoms with Gasteiger partial charge in [0.25, 0.3) is 0 Å². The van der Waals surface area contributed by atoms with Gasteiger partial charge >= 0.3 is 5.97 Å². The van der Waals surface area contributed by atoms with Crippen molar-refractivity contribution in [3.05, 3.63) is 40.9 Å². The Kier molecular flexibility index (Phi) is 4.99. The number of benzene rings is 1. The normalized spacial score (nSPS) is 10.6. The lowest BCUT2D eigenvalue weighted by Gasteiger charge is -2.06. The highest BCUT2D eigenvalue weighted by atomic mass is 32.2. The van der Waals surface area contributed by atoms with E-state index in [1.54, 1.807) is 5.38 Å². The Bertz CT molecular complexity index is 566. The zero-order valence-electron chi connectivity index (χ0n) is 10.6. The summed E-state index contributed by atoms with van der Waals surface area (Å²) in [5.74, 6) is 1.10. The van der Waals surface area contributed by atoms with E-state index in [0.717, 1.165) is 28.5 Å². The van der Waals surface area contributed by atoms with Crippen LogP contribution in [0.25, 0.3) is 10.6 Å². The van der Waals surface area contributed by atoms with E-state index in [-0.39, 0.29) is 5.69 Å². The van der Waals surface area contributed by atoms with E-state index in [9.17, 15) is 4.79 Å². The molecular weight excluding hydrogens is 278 g/mol. The number of carboxylic acids is 1. The van der Waals surface area contributed by atoms with Crippen LogP contribution in [-0.2, 0) is 5.75 Å². The molecule has 2 rings (SSSR count). The number of thiazole rings is 1. The summed E-state index contributed by atoms with van der Waals surface area (Å²) in [5.41, 5.74) is 2.38. The fraction of sp³-hybridized carbons (Fsp3) is 0.286. The Hall–Kier alpha value is -1.33. The maximum atomic E-state index is 10.9. The SMILES string of the molecule is CCCSCc1ccccc1-c1nc(C(=O)O)cs1. The monoisotopic (exact) mass is 293 g/mol. The molecule has 5 heteroatoms. The van der Waals surface area contributed by atoms with Crippen molar-refractivity contribution in [2.24, 2.45) is 0 Å². The van der Waals surface area contributed by atoms with Gasteiger partial charge in [0.2, 0.25) is 0 Å². The number of hydrogen-bond acceptors (Lipinski definition) is 4. The summed E-state index contributed by atoms with van der Waals surface area (Å²) >= 11 is 3.27. The summed E-state index contributed by atoms with van der Waals surface area (Å²) in [5, 5.41) is 11.3. The predicted molar refractivity (Wildman–Crippen MR) is 81.0 cm³/mol. The highest BCUT2D eigenvalue weighted by Crippen LogP contribution is 2.29. The molecule has 3 nitrogen and oxygen atoms in total. The second-order valence-electron chi connectivity index (χ2n) is 4.05. The summed E-state index contributed by atoms with van der Waals surface area (Å²) < 4.78 is 0. The molecule has 1 aromatic heterocycles. The summed E-state index contributed by atoms with van der Waals surface area (Å²) in [6.07, 6.45) is 1.16. The zero-order chi connectivity index (χ0) is 13.7. The first-order valence-corrected chi connectivity index (χ1v) is 8.10. The first-order valence-electron chi connectivity index (χ1n) is 6.07. The van der Waals surface area contributed by atoms with Gasteiger partial charge in [-0.1, -0.05) is 31.2 Å². The molecule has 0 unspecified atom stereocenters. The number of hydrogen-bond donors (Lipinski definition) is 1. The van der Waals surface area contributed by atoms with Crippen molar-refractivity contribution in [2.75, 3.05) is 5.75 Å². The molecule has 1 aromatic carbocycles. The van der Waals surface area contributed by atoms with Gasteiger partial charge in [0.1, 0.15) is 5.01 Å². The van der Waals surface area contributed by atoms with Gasteiger partial charge in [0, 0.05) is 16.7 Å². The first-order chi connectivity index (χ1) is 9.22. The number of carbonyl (C=O) groups is 1. The molecule has 0 aliphatic rings. The molecule has 0 radical (unpaired) electrons. The van der Waals surface area contributed by atoms with Crippen LogP contribution in [-0.4, -0.2) is 21.8 Å². The van der Waals surface area contributed by atoms with Gasteiger partial charge in [-0.15, -0.1) is 11.3 Å². The van der Waals surface area contributed by atoms with Crippen molar-refractivity contribution in [1.82, 2.24) is 4.98 Å². The largest absolute Gasteiger partial charge is 0.476 e. The minimum absolute atomic E-state index is 0.121. The summed E-state index contributed by atoms with van der Waals surface area (Å²) in [7, 11) is 0.